The molecule has 3 heteroatoms. The van der Waals surface area contributed by atoms with Crippen LogP contribution >= 0.6 is 0 Å². The molecule has 0 amide bonds. The lowest BCUT2D eigenvalue weighted by atomic mass is 9.65. The number of halogens is 1. The average Bonchev–Trinajstić information content (AvgIpc) is 2.26. The molecule has 17 heavy (non-hydrogen) atoms. The van der Waals surface area contributed by atoms with Crippen molar-refractivity contribution >= 4 is 5.78 Å². The van der Waals surface area contributed by atoms with Crippen molar-refractivity contribution in [1.29, 1.82) is 0 Å². The molecule has 0 heterocycles. The Balaban J connectivity index is 2.17. The summed E-state index contributed by atoms with van der Waals surface area (Å²) in [5, 5.41) is 0. The molecule has 2 rings (SSSR count). The molecule has 0 bridgehead atoms. The highest BCUT2D eigenvalue weighted by Gasteiger charge is 2.38. The average molecular weight is 235 g/mol. The molecule has 1 aromatic carbocycles. The standard InChI is InChI=1S/C14H18FNO/c1-10-3-4-12(15)11(7-10)13(17)8-14(9-16)5-2-6-14/h3-4,7H,2,5-6,8-9,16H2,1H3. The van der Waals surface area contributed by atoms with Gasteiger partial charge >= 0.3 is 0 Å². The van der Waals surface area contributed by atoms with Crippen LogP contribution in [-0.4, -0.2) is 12.3 Å². The van der Waals surface area contributed by atoms with E-state index in [1.165, 1.54) is 6.07 Å². The molecular formula is C14H18FNO. The van der Waals surface area contributed by atoms with Crippen LogP contribution in [0.5, 0.6) is 0 Å². The Labute approximate surface area is 101 Å². The molecule has 1 aromatic rings. The molecule has 0 unspecified atom stereocenters. The van der Waals surface area contributed by atoms with Crippen molar-refractivity contribution in [3.05, 3.63) is 35.1 Å². The first kappa shape index (κ1) is 12.2. The van der Waals surface area contributed by atoms with E-state index in [4.69, 9.17) is 5.73 Å². The SMILES string of the molecule is Cc1ccc(F)c(C(=O)CC2(CN)CCC2)c1. The molecule has 0 radical (unpaired) electrons. The van der Waals surface area contributed by atoms with Crippen LogP contribution in [0.1, 0.15) is 41.6 Å². The third kappa shape index (κ3) is 2.39. The van der Waals surface area contributed by atoms with Gasteiger partial charge in [0.2, 0.25) is 0 Å². The number of Topliss-reactive ketones (excluding diaryl/α,β-unsaturated/α-hetero) is 1. The Morgan fingerprint density at radius 3 is 2.71 bits per heavy atom. The smallest absolute Gasteiger partial charge is 0.166 e. The number of nitrogens with two attached hydrogens (primary N) is 1. The summed E-state index contributed by atoms with van der Waals surface area (Å²) < 4.78 is 13.6. The molecule has 0 aliphatic heterocycles. The lowest BCUT2D eigenvalue weighted by Crippen LogP contribution is -2.39. The van der Waals surface area contributed by atoms with E-state index in [2.05, 4.69) is 0 Å². The van der Waals surface area contributed by atoms with Crippen molar-refractivity contribution in [3.63, 3.8) is 0 Å². The van der Waals surface area contributed by atoms with Crippen LogP contribution in [0.15, 0.2) is 18.2 Å². The maximum absolute atomic E-state index is 13.6. The second-order valence-electron chi connectivity index (χ2n) is 5.14. The fourth-order valence-corrected chi connectivity index (χ4v) is 2.42. The van der Waals surface area contributed by atoms with Crippen LogP contribution in [0.3, 0.4) is 0 Å². The number of carbonyl (C=O) groups is 1. The summed E-state index contributed by atoms with van der Waals surface area (Å²) in [6, 6.07) is 4.66. The zero-order valence-corrected chi connectivity index (χ0v) is 10.1. The second-order valence-corrected chi connectivity index (χ2v) is 5.14. The van der Waals surface area contributed by atoms with E-state index in [0.29, 0.717) is 13.0 Å². The fraction of sp³-hybridized carbons (Fsp3) is 0.500. The molecule has 0 atom stereocenters. The van der Waals surface area contributed by atoms with E-state index in [9.17, 15) is 9.18 Å². The Bertz CT molecular complexity index is 432. The Morgan fingerprint density at radius 2 is 2.18 bits per heavy atom. The summed E-state index contributed by atoms with van der Waals surface area (Å²) in [5.74, 6) is -0.538. The maximum Gasteiger partial charge on any atom is 0.166 e. The van der Waals surface area contributed by atoms with Gasteiger partial charge in [0.25, 0.3) is 0 Å². The van der Waals surface area contributed by atoms with Crippen molar-refractivity contribution in [2.24, 2.45) is 11.1 Å². The topological polar surface area (TPSA) is 43.1 Å². The lowest BCUT2D eigenvalue weighted by molar-refractivity contribution is 0.0782. The van der Waals surface area contributed by atoms with Gasteiger partial charge in [0.15, 0.2) is 5.78 Å². The van der Waals surface area contributed by atoms with E-state index in [-0.39, 0.29) is 16.8 Å². The quantitative estimate of drug-likeness (QED) is 0.815. The van der Waals surface area contributed by atoms with E-state index < -0.39 is 5.82 Å². The molecule has 1 aliphatic carbocycles. The molecule has 1 aliphatic rings. The van der Waals surface area contributed by atoms with E-state index in [1.807, 2.05) is 6.92 Å². The van der Waals surface area contributed by atoms with Gasteiger partial charge in [-0.3, -0.25) is 4.79 Å². The van der Waals surface area contributed by atoms with Gasteiger partial charge in [-0.05, 0) is 43.9 Å². The first-order valence-electron chi connectivity index (χ1n) is 6.06. The highest BCUT2D eigenvalue weighted by atomic mass is 19.1. The van der Waals surface area contributed by atoms with Crippen LogP contribution in [-0.2, 0) is 0 Å². The van der Waals surface area contributed by atoms with Crippen molar-refractivity contribution in [1.82, 2.24) is 0 Å². The predicted molar refractivity (Wildman–Crippen MR) is 65.4 cm³/mol. The van der Waals surface area contributed by atoms with Gasteiger partial charge in [-0.25, -0.2) is 4.39 Å². The van der Waals surface area contributed by atoms with Gasteiger partial charge in [0, 0.05) is 6.42 Å². The Hall–Kier alpha value is -1.22. The normalized spacial score (nSPS) is 17.6. The van der Waals surface area contributed by atoms with Gasteiger partial charge < -0.3 is 5.73 Å². The summed E-state index contributed by atoms with van der Waals surface area (Å²) in [6.45, 7) is 2.38. The van der Waals surface area contributed by atoms with Gasteiger partial charge in [-0.2, -0.15) is 0 Å². The first-order valence-corrected chi connectivity index (χ1v) is 6.06. The zero-order valence-electron chi connectivity index (χ0n) is 10.1. The lowest BCUT2D eigenvalue weighted by Gasteiger charge is -2.40. The van der Waals surface area contributed by atoms with Crippen LogP contribution < -0.4 is 5.73 Å². The summed E-state index contributed by atoms with van der Waals surface area (Å²) in [4.78, 5) is 12.1. The summed E-state index contributed by atoms with van der Waals surface area (Å²) in [6.07, 6.45) is 3.48. The van der Waals surface area contributed by atoms with Gasteiger partial charge in [-0.15, -0.1) is 0 Å². The van der Waals surface area contributed by atoms with E-state index in [0.717, 1.165) is 24.8 Å². The number of hydrogen-bond acceptors (Lipinski definition) is 2. The Kier molecular flexibility index (Phi) is 3.29. The van der Waals surface area contributed by atoms with Gasteiger partial charge in [-0.1, -0.05) is 18.1 Å². The van der Waals surface area contributed by atoms with E-state index >= 15 is 0 Å². The number of rotatable bonds is 4. The summed E-state index contributed by atoms with van der Waals surface area (Å²) >= 11 is 0. The number of hydrogen-bond donors (Lipinski definition) is 1. The van der Waals surface area contributed by atoms with Crippen molar-refractivity contribution in [2.45, 2.75) is 32.6 Å². The first-order chi connectivity index (χ1) is 8.06. The summed E-state index contributed by atoms with van der Waals surface area (Å²) in [5.41, 5.74) is 6.78. The number of benzene rings is 1. The summed E-state index contributed by atoms with van der Waals surface area (Å²) in [7, 11) is 0. The molecule has 2 N–H and O–H groups in total. The number of carbonyl (C=O) groups excluding carboxylic acids is 1. The van der Waals surface area contributed by atoms with Crippen LogP contribution in [0.25, 0.3) is 0 Å². The largest absolute Gasteiger partial charge is 0.330 e. The van der Waals surface area contributed by atoms with Crippen molar-refractivity contribution < 1.29 is 9.18 Å². The number of ketones is 1. The fourth-order valence-electron chi connectivity index (χ4n) is 2.42. The highest BCUT2D eigenvalue weighted by molar-refractivity contribution is 5.97. The highest BCUT2D eigenvalue weighted by Crippen LogP contribution is 2.43. The molecule has 2 nitrogen and oxygen atoms in total. The van der Waals surface area contributed by atoms with Gasteiger partial charge in [0.05, 0.1) is 5.56 Å². The third-order valence-electron chi connectivity index (χ3n) is 3.81. The third-order valence-corrected chi connectivity index (χ3v) is 3.81. The molecule has 1 saturated carbocycles. The molecule has 0 aromatic heterocycles. The molecular weight excluding hydrogens is 217 g/mol. The minimum absolute atomic E-state index is 0.0622. The molecule has 92 valence electrons. The number of aryl methyl sites for hydroxylation is 1. The van der Waals surface area contributed by atoms with Crippen LogP contribution in [0, 0.1) is 18.2 Å². The maximum atomic E-state index is 13.6. The Morgan fingerprint density at radius 1 is 1.47 bits per heavy atom. The second kappa shape index (κ2) is 4.57. The van der Waals surface area contributed by atoms with Gasteiger partial charge in [0.1, 0.15) is 5.82 Å². The minimum atomic E-state index is -0.424. The van der Waals surface area contributed by atoms with Crippen LogP contribution in [0.4, 0.5) is 4.39 Å². The molecule has 1 fully saturated rings. The van der Waals surface area contributed by atoms with E-state index in [1.54, 1.807) is 12.1 Å². The minimum Gasteiger partial charge on any atom is -0.330 e. The van der Waals surface area contributed by atoms with Crippen LogP contribution in [0.2, 0.25) is 0 Å². The van der Waals surface area contributed by atoms with Crippen molar-refractivity contribution in [3.8, 4) is 0 Å². The molecule has 0 spiro atoms. The predicted octanol–water partition coefficient (Wildman–Crippen LogP) is 2.84. The molecule has 0 saturated heterocycles. The zero-order chi connectivity index (χ0) is 12.5. The monoisotopic (exact) mass is 235 g/mol. The van der Waals surface area contributed by atoms with Crippen molar-refractivity contribution in [2.75, 3.05) is 6.54 Å².